The Bertz CT molecular complexity index is 842. The molecule has 4 nitrogen and oxygen atoms in total. The molecule has 0 spiro atoms. The molecule has 0 bridgehead atoms. The topological polar surface area (TPSA) is 46.9 Å². The van der Waals surface area contributed by atoms with E-state index >= 15 is 0 Å². The van der Waals surface area contributed by atoms with Crippen LogP contribution in [0.2, 0.25) is 0 Å². The van der Waals surface area contributed by atoms with Gasteiger partial charge in [-0.25, -0.2) is 4.39 Å². The van der Waals surface area contributed by atoms with Gasteiger partial charge in [0.25, 0.3) is 5.91 Å². The van der Waals surface area contributed by atoms with Crippen LogP contribution >= 0.6 is 0 Å². The van der Waals surface area contributed by atoms with Crippen molar-refractivity contribution in [1.29, 1.82) is 0 Å². The number of aryl methyl sites for hydroxylation is 1. The summed E-state index contributed by atoms with van der Waals surface area (Å²) in [7, 11) is 0. The van der Waals surface area contributed by atoms with Crippen LogP contribution in [-0.4, -0.2) is 15.7 Å². The summed E-state index contributed by atoms with van der Waals surface area (Å²) in [5.74, 6) is -0.389. The zero-order valence-electron chi connectivity index (χ0n) is 12.7. The van der Waals surface area contributed by atoms with Crippen LogP contribution in [0.4, 0.5) is 10.2 Å². The highest BCUT2D eigenvalue weighted by atomic mass is 19.1. The lowest BCUT2D eigenvalue weighted by Crippen LogP contribution is -2.13. The molecule has 23 heavy (non-hydrogen) atoms. The summed E-state index contributed by atoms with van der Waals surface area (Å²) in [5, 5.41) is 6.98. The fraction of sp³-hybridized carbons (Fsp3) is 0.111. The van der Waals surface area contributed by atoms with Crippen LogP contribution in [0.25, 0.3) is 0 Å². The third kappa shape index (κ3) is 3.83. The van der Waals surface area contributed by atoms with Crippen molar-refractivity contribution in [3.63, 3.8) is 0 Å². The fourth-order valence-corrected chi connectivity index (χ4v) is 2.33. The zero-order chi connectivity index (χ0) is 16.2. The van der Waals surface area contributed by atoms with E-state index in [1.807, 2.05) is 25.1 Å². The first-order valence-electron chi connectivity index (χ1n) is 7.26. The normalized spacial score (nSPS) is 10.5. The Kier molecular flexibility index (Phi) is 4.19. The van der Waals surface area contributed by atoms with Crippen molar-refractivity contribution >= 4 is 11.7 Å². The number of carbonyl (C=O) groups excluding carboxylic acids is 1. The van der Waals surface area contributed by atoms with Gasteiger partial charge in [0.05, 0.1) is 6.54 Å². The Labute approximate surface area is 133 Å². The molecule has 0 aliphatic heterocycles. The number of anilines is 1. The minimum Gasteiger partial charge on any atom is -0.305 e. The predicted octanol–water partition coefficient (Wildman–Crippen LogP) is 3.63. The zero-order valence-corrected chi connectivity index (χ0v) is 12.7. The predicted molar refractivity (Wildman–Crippen MR) is 86.9 cm³/mol. The van der Waals surface area contributed by atoms with Gasteiger partial charge < -0.3 is 5.32 Å². The van der Waals surface area contributed by atoms with Crippen molar-refractivity contribution in [3.05, 3.63) is 83.3 Å². The van der Waals surface area contributed by atoms with Crippen molar-refractivity contribution in [1.82, 2.24) is 9.78 Å². The van der Waals surface area contributed by atoms with E-state index in [0.29, 0.717) is 12.4 Å². The maximum Gasteiger partial charge on any atom is 0.256 e. The summed E-state index contributed by atoms with van der Waals surface area (Å²) >= 11 is 0. The second-order valence-corrected chi connectivity index (χ2v) is 5.35. The summed E-state index contributed by atoms with van der Waals surface area (Å²) < 4.78 is 14.9. The number of hydrogen-bond acceptors (Lipinski definition) is 2. The van der Waals surface area contributed by atoms with Crippen LogP contribution in [0.15, 0.2) is 60.8 Å². The third-order valence-electron chi connectivity index (χ3n) is 3.40. The molecule has 5 heteroatoms. The van der Waals surface area contributed by atoms with E-state index in [1.54, 1.807) is 23.0 Å². The summed E-state index contributed by atoms with van der Waals surface area (Å²) in [6, 6.07) is 15.4. The largest absolute Gasteiger partial charge is 0.305 e. The number of hydrogen-bond donors (Lipinski definition) is 1. The smallest absolute Gasteiger partial charge is 0.256 e. The molecule has 1 N–H and O–H groups in total. The maximum atomic E-state index is 13.1. The number of nitrogens with zero attached hydrogens (tertiary/aromatic N) is 2. The fourth-order valence-electron chi connectivity index (χ4n) is 2.33. The van der Waals surface area contributed by atoms with E-state index in [2.05, 4.69) is 16.5 Å². The number of carbonyl (C=O) groups is 1. The molecule has 3 rings (SSSR count). The Balaban J connectivity index is 1.68. The molecule has 0 fully saturated rings. The van der Waals surface area contributed by atoms with Gasteiger partial charge in [0, 0.05) is 17.8 Å². The number of rotatable bonds is 4. The first-order valence-corrected chi connectivity index (χ1v) is 7.26. The minimum atomic E-state index is -0.442. The minimum absolute atomic E-state index is 0.262. The lowest BCUT2D eigenvalue weighted by Gasteiger charge is -2.04. The van der Waals surface area contributed by atoms with Crippen LogP contribution in [0.3, 0.4) is 0 Å². The van der Waals surface area contributed by atoms with E-state index < -0.39 is 5.82 Å². The number of benzene rings is 2. The highest BCUT2D eigenvalue weighted by Gasteiger charge is 2.09. The van der Waals surface area contributed by atoms with E-state index in [0.717, 1.165) is 5.56 Å². The first kappa shape index (κ1) is 15.0. The second kappa shape index (κ2) is 6.44. The molecule has 0 atom stereocenters. The van der Waals surface area contributed by atoms with E-state index in [1.165, 1.54) is 23.8 Å². The van der Waals surface area contributed by atoms with E-state index in [-0.39, 0.29) is 11.5 Å². The highest BCUT2D eigenvalue weighted by Crippen LogP contribution is 2.10. The van der Waals surface area contributed by atoms with Crippen molar-refractivity contribution in [2.45, 2.75) is 13.5 Å². The Morgan fingerprint density at radius 2 is 2.00 bits per heavy atom. The van der Waals surface area contributed by atoms with Crippen LogP contribution in [0.1, 0.15) is 21.5 Å². The number of nitrogens with one attached hydrogen (secondary N) is 1. The third-order valence-corrected chi connectivity index (χ3v) is 3.40. The van der Waals surface area contributed by atoms with Crippen LogP contribution < -0.4 is 5.32 Å². The lowest BCUT2D eigenvalue weighted by atomic mass is 10.1. The van der Waals surface area contributed by atoms with Gasteiger partial charge in [0.15, 0.2) is 5.82 Å². The molecule has 0 saturated carbocycles. The molecule has 2 aromatic carbocycles. The van der Waals surface area contributed by atoms with Crippen LogP contribution in [0, 0.1) is 12.7 Å². The molecular formula is C18H16FN3O. The van der Waals surface area contributed by atoms with Crippen LogP contribution in [0.5, 0.6) is 0 Å². The van der Waals surface area contributed by atoms with Crippen molar-refractivity contribution in [3.8, 4) is 0 Å². The van der Waals surface area contributed by atoms with Gasteiger partial charge in [-0.3, -0.25) is 9.48 Å². The average Bonchev–Trinajstić information content (AvgIpc) is 2.94. The highest BCUT2D eigenvalue weighted by molar-refractivity contribution is 6.03. The number of halogens is 1. The van der Waals surface area contributed by atoms with Crippen LogP contribution in [-0.2, 0) is 6.54 Å². The lowest BCUT2D eigenvalue weighted by molar-refractivity contribution is 0.102. The first-order chi connectivity index (χ1) is 11.1. The second-order valence-electron chi connectivity index (χ2n) is 5.35. The van der Waals surface area contributed by atoms with E-state index in [4.69, 9.17) is 0 Å². The summed E-state index contributed by atoms with van der Waals surface area (Å²) in [6.45, 7) is 2.66. The molecule has 116 valence electrons. The quantitative estimate of drug-likeness (QED) is 0.800. The van der Waals surface area contributed by atoms with Crippen molar-refractivity contribution in [2.24, 2.45) is 0 Å². The van der Waals surface area contributed by atoms with Gasteiger partial charge >= 0.3 is 0 Å². The standard InChI is InChI=1S/C18H16FN3O/c1-13-4-2-5-14(10-13)12-22-9-8-17(21-22)20-18(23)15-6-3-7-16(19)11-15/h2-11H,12H2,1H3,(H,20,21,23). The summed E-state index contributed by atoms with van der Waals surface area (Å²) in [5.41, 5.74) is 2.59. The SMILES string of the molecule is Cc1cccc(Cn2ccc(NC(=O)c3cccc(F)c3)n2)c1. The van der Waals surface area contributed by atoms with Gasteiger partial charge in [0.2, 0.25) is 0 Å². The van der Waals surface area contributed by atoms with Gasteiger partial charge in [-0.2, -0.15) is 5.10 Å². The average molecular weight is 309 g/mol. The van der Waals surface area contributed by atoms with Gasteiger partial charge in [-0.05, 0) is 30.7 Å². The summed E-state index contributed by atoms with van der Waals surface area (Å²) in [4.78, 5) is 12.1. The number of amides is 1. The van der Waals surface area contributed by atoms with Gasteiger partial charge in [0.1, 0.15) is 5.82 Å². The molecule has 1 amide bonds. The number of aromatic nitrogens is 2. The molecular weight excluding hydrogens is 293 g/mol. The molecule has 0 unspecified atom stereocenters. The Morgan fingerprint density at radius 1 is 1.17 bits per heavy atom. The molecule has 0 radical (unpaired) electrons. The molecule has 0 saturated heterocycles. The van der Waals surface area contributed by atoms with Gasteiger partial charge in [-0.15, -0.1) is 0 Å². The van der Waals surface area contributed by atoms with E-state index in [9.17, 15) is 9.18 Å². The molecule has 1 heterocycles. The molecule has 0 aliphatic rings. The molecule has 0 aliphatic carbocycles. The van der Waals surface area contributed by atoms with Crippen molar-refractivity contribution < 1.29 is 9.18 Å². The van der Waals surface area contributed by atoms with Gasteiger partial charge in [-0.1, -0.05) is 35.9 Å². The molecule has 3 aromatic rings. The summed E-state index contributed by atoms with van der Waals surface area (Å²) in [6.07, 6.45) is 1.80. The Hall–Kier alpha value is -2.95. The molecule has 1 aromatic heterocycles. The maximum absolute atomic E-state index is 13.1. The van der Waals surface area contributed by atoms with Crippen molar-refractivity contribution in [2.75, 3.05) is 5.32 Å². The monoisotopic (exact) mass is 309 g/mol. The Morgan fingerprint density at radius 3 is 2.78 bits per heavy atom.